The third kappa shape index (κ3) is 2.63. The Morgan fingerprint density at radius 3 is 2.54 bits per heavy atom. The van der Waals surface area contributed by atoms with Crippen molar-refractivity contribution in [2.75, 3.05) is 13.1 Å². The Labute approximate surface area is 149 Å². The summed E-state index contributed by atoms with van der Waals surface area (Å²) in [5.41, 5.74) is 0.104. The van der Waals surface area contributed by atoms with Gasteiger partial charge in [0.2, 0.25) is 0 Å². The fourth-order valence-electron chi connectivity index (χ4n) is 3.71. The number of urea groups is 1. The number of hydrogen-bond acceptors (Lipinski definition) is 5. The monoisotopic (exact) mass is 354 g/mol. The molecule has 2 N–H and O–H groups in total. The smallest absolute Gasteiger partial charge is 0.322 e. The van der Waals surface area contributed by atoms with Gasteiger partial charge in [0.15, 0.2) is 0 Å². The van der Waals surface area contributed by atoms with Gasteiger partial charge in [-0.25, -0.2) is 4.79 Å². The summed E-state index contributed by atoms with van der Waals surface area (Å²) in [4.78, 5) is 51.7. The van der Waals surface area contributed by atoms with Crippen molar-refractivity contribution in [1.29, 1.82) is 0 Å². The fraction of sp³-hybridized carbons (Fsp3) is 0.333. The number of likely N-dealkylation sites (tertiary alicyclic amines) is 1. The second-order valence-corrected chi connectivity index (χ2v) is 6.76. The van der Waals surface area contributed by atoms with Crippen LogP contribution >= 0.6 is 0 Å². The molecule has 3 heterocycles. The minimum absolute atomic E-state index is 0.175. The third-order valence-corrected chi connectivity index (χ3v) is 5.02. The van der Waals surface area contributed by atoms with E-state index in [1.54, 1.807) is 4.90 Å². The number of hydrogen-bond donors (Lipinski definition) is 2. The minimum atomic E-state index is -1.04. The molecule has 4 rings (SSSR count). The summed E-state index contributed by atoms with van der Waals surface area (Å²) in [5.74, 6) is -1.13. The average molecular weight is 354 g/mol. The summed E-state index contributed by atoms with van der Waals surface area (Å²) in [6.07, 6.45) is 2.45. The predicted octanol–water partition coefficient (Wildman–Crippen LogP) is 0.113. The number of carbonyl (C=O) groups is 4. The number of carbonyl (C=O) groups excluding carboxylic acids is 4. The van der Waals surface area contributed by atoms with Crippen LogP contribution in [0, 0.1) is 0 Å². The lowest BCUT2D eigenvalue weighted by atomic mass is 9.89. The number of benzene rings is 1. The molecule has 1 aromatic carbocycles. The van der Waals surface area contributed by atoms with Crippen molar-refractivity contribution < 1.29 is 19.2 Å². The van der Waals surface area contributed by atoms with Gasteiger partial charge in [-0.05, 0) is 18.4 Å². The van der Waals surface area contributed by atoms with Crippen LogP contribution in [0.2, 0.25) is 0 Å². The van der Waals surface area contributed by atoms with Gasteiger partial charge >= 0.3 is 6.03 Å². The molecular formula is C18H18N4O4. The van der Waals surface area contributed by atoms with Crippen LogP contribution in [0.1, 0.15) is 18.4 Å². The van der Waals surface area contributed by atoms with Crippen LogP contribution in [0.4, 0.5) is 4.79 Å². The average Bonchev–Trinajstić information content (AvgIpc) is 3.05. The van der Waals surface area contributed by atoms with Crippen LogP contribution in [0.15, 0.2) is 42.1 Å². The summed E-state index contributed by atoms with van der Waals surface area (Å²) in [7, 11) is 0. The first-order valence-corrected chi connectivity index (χ1v) is 8.48. The topological polar surface area (TPSA) is 98.8 Å². The number of nitrogens with zero attached hydrogens (tertiary/aromatic N) is 2. The highest BCUT2D eigenvalue weighted by atomic mass is 16.2. The first-order chi connectivity index (χ1) is 12.5. The summed E-state index contributed by atoms with van der Waals surface area (Å²) in [5, 5.41) is 4.92. The lowest BCUT2D eigenvalue weighted by molar-refractivity contribution is -0.139. The SMILES string of the molecule is O=C1NC(=O)C2(CCCN(C3=CC(=O)N(Cc4ccccc4)C3=O)C2)N1. The van der Waals surface area contributed by atoms with E-state index >= 15 is 0 Å². The van der Waals surface area contributed by atoms with Crippen molar-refractivity contribution in [2.45, 2.75) is 24.9 Å². The second-order valence-electron chi connectivity index (χ2n) is 6.76. The van der Waals surface area contributed by atoms with Gasteiger partial charge in [0.05, 0.1) is 13.1 Å². The lowest BCUT2D eigenvalue weighted by Gasteiger charge is -2.39. The van der Waals surface area contributed by atoms with Gasteiger partial charge < -0.3 is 10.2 Å². The van der Waals surface area contributed by atoms with E-state index < -0.39 is 11.6 Å². The van der Waals surface area contributed by atoms with E-state index in [1.807, 2.05) is 30.3 Å². The molecule has 8 nitrogen and oxygen atoms in total. The number of piperidine rings is 1. The van der Waals surface area contributed by atoms with Crippen LogP contribution in [0.3, 0.4) is 0 Å². The van der Waals surface area contributed by atoms with Gasteiger partial charge in [0.25, 0.3) is 17.7 Å². The third-order valence-electron chi connectivity index (χ3n) is 5.02. The predicted molar refractivity (Wildman–Crippen MR) is 90.3 cm³/mol. The van der Waals surface area contributed by atoms with Crippen molar-refractivity contribution in [3.8, 4) is 0 Å². The summed E-state index contributed by atoms with van der Waals surface area (Å²) >= 11 is 0. The molecule has 0 radical (unpaired) electrons. The van der Waals surface area contributed by atoms with Gasteiger partial charge in [-0.3, -0.25) is 24.6 Å². The standard InChI is InChI=1S/C18H18N4O4/c23-14-9-13(15(24)22(14)10-12-5-2-1-3-6-12)21-8-4-7-18(11-21)16(25)19-17(26)20-18/h1-3,5-6,9H,4,7-8,10-11H2,(H2,19,20,25,26). The van der Waals surface area contributed by atoms with Gasteiger partial charge in [-0.15, -0.1) is 0 Å². The van der Waals surface area contributed by atoms with Crippen molar-refractivity contribution in [3.05, 3.63) is 47.7 Å². The highest BCUT2D eigenvalue weighted by Crippen LogP contribution is 2.29. The van der Waals surface area contributed by atoms with Crippen molar-refractivity contribution in [3.63, 3.8) is 0 Å². The zero-order valence-electron chi connectivity index (χ0n) is 14.0. The Hall–Kier alpha value is -3.16. The van der Waals surface area contributed by atoms with Crippen molar-refractivity contribution in [2.24, 2.45) is 0 Å². The molecule has 8 heteroatoms. The molecule has 26 heavy (non-hydrogen) atoms. The molecule has 0 aromatic heterocycles. The normalized spacial score (nSPS) is 25.6. The molecule has 1 unspecified atom stereocenters. The van der Waals surface area contributed by atoms with E-state index in [2.05, 4.69) is 10.6 Å². The zero-order chi connectivity index (χ0) is 18.3. The molecule has 0 saturated carbocycles. The van der Waals surface area contributed by atoms with Gasteiger partial charge in [0.1, 0.15) is 11.2 Å². The van der Waals surface area contributed by atoms with Gasteiger partial charge in [-0.1, -0.05) is 30.3 Å². The Morgan fingerprint density at radius 1 is 1.08 bits per heavy atom. The molecule has 5 amide bonds. The molecule has 134 valence electrons. The largest absolute Gasteiger partial charge is 0.364 e. The maximum atomic E-state index is 12.8. The first kappa shape index (κ1) is 16.3. The van der Waals surface area contributed by atoms with Crippen LogP contribution in [0.25, 0.3) is 0 Å². The summed E-state index contributed by atoms with van der Waals surface area (Å²) in [6, 6.07) is 8.76. The Morgan fingerprint density at radius 2 is 1.85 bits per heavy atom. The highest BCUT2D eigenvalue weighted by Gasteiger charge is 2.50. The van der Waals surface area contributed by atoms with Crippen LogP contribution in [-0.4, -0.2) is 52.2 Å². The summed E-state index contributed by atoms with van der Waals surface area (Å²) in [6.45, 7) is 0.929. The van der Waals surface area contributed by atoms with Gasteiger partial charge in [-0.2, -0.15) is 0 Å². The Bertz CT molecular complexity index is 835. The maximum absolute atomic E-state index is 12.8. The molecule has 3 aliphatic heterocycles. The van der Waals surface area contributed by atoms with E-state index in [0.29, 0.717) is 19.4 Å². The lowest BCUT2D eigenvalue weighted by Crippen LogP contribution is -2.58. The van der Waals surface area contributed by atoms with E-state index in [9.17, 15) is 19.2 Å². The van der Waals surface area contributed by atoms with E-state index in [-0.39, 0.29) is 36.5 Å². The Balaban J connectivity index is 1.52. The molecule has 1 atom stereocenters. The van der Waals surface area contributed by atoms with Crippen LogP contribution in [-0.2, 0) is 20.9 Å². The summed E-state index contributed by atoms with van der Waals surface area (Å²) < 4.78 is 0. The number of rotatable bonds is 3. The molecule has 1 spiro atoms. The van der Waals surface area contributed by atoms with E-state index in [0.717, 1.165) is 5.56 Å². The molecule has 2 fully saturated rings. The highest BCUT2D eigenvalue weighted by molar-refractivity contribution is 6.16. The maximum Gasteiger partial charge on any atom is 0.322 e. The van der Waals surface area contributed by atoms with E-state index in [1.165, 1.54) is 11.0 Å². The molecule has 1 aromatic rings. The van der Waals surface area contributed by atoms with Gasteiger partial charge in [0, 0.05) is 12.6 Å². The Kier molecular flexibility index (Phi) is 3.75. The molecular weight excluding hydrogens is 336 g/mol. The van der Waals surface area contributed by atoms with Crippen LogP contribution < -0.4 is 10.6 Å². The number of nitrogens with one attached hydrogen (secondary N) is 2. The molecule has 2 saturated heterocycles. The first-order valence-electron chi connectivity index (χ1n) is 8.48. The fourth-order valence-corrected chi connectivity index (χ4v) is 3.71. The molecule has 0 bridgehead atoms. The van der Waals surface area contributed by atoms with E-state index in [4.69, 9.17) is 0 Å². The molecule has 3 aliphatic rings. The van der Waals surface area contributed by atoms with Crippen molar-refractivity contribution >= 4 is 23.8 Å². The minimum Gasteiger partial charge on any atom is -0.364 e. The van der Waals surface area contributed by atoms with Crippen LogP contribution in [0.5, 0.6) is 0 Å². The van der Waals surface area contributed by atoms with Crippen molar-refractivity contribution in [1.82, 2.24) is 20.4 Å². The second kappa shape index (κ2) is 5.98. The quantitative estimate of drug-likeness (QED) is 0.593. The zero-order valence-corrected chi connectivity index (χ0v) is 14.0. The molecule has 0 aliphatic carbocycles. The number of amides is 5. The number of imide groups is 2.